The Morgan fingerprint density at radius 1 is 1.09 bits per heavy atom. The first-order chi connectivity index (χ1) is 21.9. The number of aliphatic imine (C=N–C) groups is 1. The third kappa shape index (κ3) is 7.73. The van der Waals surface area contributed by atoms with Crippen LogP contribution in [0.5, 0.6) is 5.75 Å². The topological polar surface area (TPSA) is 102 Å². The van der Waals surface area contributed by atoms with Crippen LogP contribution in [0.3, 0.4) is 0 Å². The molecule has 1 aliphatic rings. The number of rotatable bonds is 9. The number of ether oxygens (including phenoxy) is 1. The zero-order valence-corrected chi connectivity index (χ0v) is 25.9. The minimum atomic E-state index is -4.77. The predicted octanol–water partition coefficient (Wildman–Crippen LogP) is 7.43. The summed E-state index contributed by atoms with van der Waals surface area (Å²) >= 11 is 1.13. The number of carbonyl (C=O) groups excluding carboxylic acids is 2. The van der Waals surface area contributed by atoms with Crippen molar-refractivity contribution in [3.63, 3.8) is 0 Å². The maximum Gasteiger partial charge on any atom is 0.573 e. The van der Waals surface area contributed by atoms with Gasteiger partial charge in [-0.25, -0.2) is 18.9 Å². The van der Waals surface area contributed by atoms with Crippen LogP contribution in [-0.2, 0) is 4.79 Å². The first-order valence-corrected chi connectivity index (χ1v) is 15.4. The van der Waals surface area contributed by atoms with Gasteiger partial charge in [0.15, 0.2) is 11.0 Å². The van der Waals surface area contributed by atoms with Gasteiger partial charge in [0, 0.05) is 18.0 Å². The van der Waals surface area contributed by atoms with Crippen molar-refractivity contribution in [2.75, 3.05) is 17.2 Å². The third-order valence-corrected chi connectivity index (χ3v) is 8.20. The zero-order chi connectivity index (χ0) is 33.0. The maximum atomic E-state index is 14.1. The van der Waals surface area contributed by atoms with Gasteiger partial charge >= 0.3 is 12.4 Å². The summed E-state index contributed by atoms with van der Waals surface area (Å²) in [6.07, 6.45) is -2.59. The Morgan fingerprint density at radius 3 is 2.46 bits per heavy atom. The molecule has 46 heavy (non-hydrogen) atoms. The average Bonchev–Trinajstić information content (AvgIpc) is 3.64. The second kappa shape index (κ2) is 13.7. The Balaban J connectivity index is 1.23. The second-order valence-corrected chi connectivity index (χ2v) is 11.7. The number of anilines is 1. The normalized spacial score (nSPS) is 15.1. The third-order valence-electron chi connectivity index (χ3n) is 7.28. The molecule has 240 valence electrons. The summed E-state index contributed by atoms with van der Waals surface area (Å²) in [5.74, 6) is -0.585. The molecule has 1 saturated heterocycles. The van der Waals surface area contributed by atoms with Gasteiger partial charge < -0.3 is 10.1 Å². The molecule has 1 N–H and O–H groups in total. The molecular weight excluding hydrogens is 624 g/mol. The number of carbonyl (C=O) groups is 2. The summed E-state index contributed by atoms with van der Waals surface area (Å²) in [5, 5.41) is 7.46. The van der Waals surface area contributed by atoms with Crippen molar-refractivity contribution < 1.29 is 31.9 Å². The van der Waals surface area contributed by atoms with E-state index in [0.717, 1.165) is 34.9 Å². The lowest BCUT2D eigenvalue weighted by Crippen LogP contribution is -2.33. The van der Waals surface area contributed by atoms with Crippen LogP contribution < -0.4 is 15.0 Å². The SMILES string of the molecule is CCC(CNC(=O)N=C1SCC(=O)N1c1cc(F)ccc1C(C)C)c1ccc(-c2ncn(-c3ccc(OC(F)(F)F)cc3)n2)cc1. The first-order valence-electron chi connectivity index (χ1n) is 14.4. The Hall–Kier alpha value is -4.72. The van der Waals surface area contributed by atoms with E-state index in [4.69, 9.17) is 0 Å². The fourth-order valence-electron chi connectivity index (χ4n) is 4.94. The van der Waals surface area contributed by atoms with Gasteiger partial charge in [-0.3, -0.25) is 9.69 Å². The van der Waals surface area contributed by atoms with Crippen molar-refractivity contribution in [2.24, 2.45) is 4.99 Å². The number of thioether (sulfide) groups is 1. The van der Waals surface area contributed by atoms with Gasteiger partial charge in [-0.1, -0.05) is 62.9 Å². The average molecular weight is 655 g/mol. The maximum absolute atomic E-state index is 14.1. The molecule has 1 atom stereocenters. The molecule has 0 saturated carbocycles. The highest BCUT2D eigenvalue weighted by Gasteiger charge is 2.33. The van der Waals surface area contributed by atoms with Crippen molar-refractivity contribution in [1.82, 2.24) is 20.1 Å². The quantitative estimate of drug-likeness (QED) is 0.188. The molecule has 1 fully saturated rings. The molecular formula is C32H30F4N6O3S. The van der Waals surface area contributed by atoms with Crippen LogP contribution in [0.25, 0.3) is 17.1 Å². The number of benzene rings is 3. The van der Waals surface area contributed by atoms with Gasteiger partial charge in [0.2, 0.25) is 5.91 Å². The minimum Gasteiger partial charge on any atom is -0.406 e. The largest absolute Gasteiger partial charge is 0.573 e. The number of halogens is 4. The fourth-order valence-corrected chi connectivity index (χ4v) is 5.80. The smallest absolute Gasteiger partial charge is 0.406 e. The van der Waals surface area contributed by atoms with Crippen LogP contribution in [0.1, 0.15) is 50.2 Å². The van der Waals surface area contributed by atoms with E-state index < -0.39 is 18.2 Å². The van der Waals surface area contributed by atoms with Crippen molar-refractivity contribution in [3.8, 4) is 22.8 Å². The van der Waals surface area contributed by atoms with Gasteiger partial charge in [-0.2, -0.15) is 4.99 Å². The van der Waals surface area contributed by atoms with Crippen LogP contribution in [0.15, 0.2) is 78.0 Å². The lowest BCUT2D eigenvalue weighted by molar-refractivity contribution is -0.274. The number of urea groups is 1. The van der Waals surface area contributed by atoms with Crippen molar-refractivity contribution >= 4 is 34.6 Å². The highest BCUT2D eigenvalue weighted by molar-refractivity contribution is 8.15. The lowest BCUT2D eigenvalue weighted by Gasteiger charge is -2.21. The highest BCUT2D eigenvalue weighted by Crippen LogP contribution is 2.34. The van der Waals surface area contributed by atoms with Crippen molar-refractivity contribution in [1.29, 1.82) is 0 Å². The Kier molecular flexibility index (Phi) is 9.75. The van der Waals surface area contributed by atoms with Crippen LogP contribution >= 0.6 is 11.8 Å². The molecule has 1 unspecified atom stereocenters. The Bertz CT molecular complexity index is 1740. The monoisotopic (exact) mass is 654 g/mol. The molecule has 3 amide bonds. The van der Waals surface area contributed by atoms with Crippen LogP contribution in [0, 0.1) is 5.82 Å². The van der Waals surface area contributed by atoms with E-state index in [9.17, 15) is 27.2 Å². The standard InChI is InChI=1S/C32H30F4N6O3S/c1-4-20(16-37-30(44)39-31-42(28(43)17-46-31)27-15-23(33)9-14-26(27)19(2)3)21-5-7-22(8-6-21)29-38-18-41(40-29)24-10-12-25(13-11-24)45-32(34,35)36/h5-15,18-20H,4,16-17H2,1-3H3,(H,37,44). The molecule has 0 radical (unpaired) electrons. The van der Waals surface area contributed by atoms with E-state index in [2.05, 4.69) is 25.1 Å². The molecule has 9 nitrogen and oxygen atoms in total. The number of nitrogens with one attached hydrogen (secondary N) is 1. The lowest BCUT2D eigenvalue weighted by atomic mass is 9.95. The van der Waals surface area contributed by atoms with E-state index in [-0.39, 0.29) is 34.4 Å². The fraction of sp³-hybridized carbons (Fsp3) is 0.281. The highest BCUT2D eigenvalue weighted by atomic mass is 32.2. The van der Waals surface area contributed by atoms with E-state index >= 15 is 0 Å². The van der Waals surface area contributed by atoms with Gasteiger partial charge in [0.25, 0.3) is 0 Å². The van der Waals surface area contributed by atoms with E-state index in [1.165, 1.54) is 52.3 Å². The summed E-state index contributed by atoms with van der Waals surface area (Å²) in [6.45, 7) is 6.17. The first kappa shape index (κ1) is 32.7. The van der Waals surface area contributed by atoms with Gasteiger partial charge in [-0.05, 0) is 59.9 Å². The molecule has 4 aromatic rings. The number of hydrogen-bond acceptors (Lipinski definition) is 6. The molecule has 0 aliphatic carbocycles. The number of amidine groups is 1. The summed E-state index contributed by atoms with van der Waals surface area (Å²) in [5.41, 5.74) is 3.36. The van der Waals surface area contributed by atoms with Crippen molar-refractivity contribution in [2.45, 2.75) is 45.4 Å². The molecule has 5 rings (SSSR count). The second-order valence-electron chi connectivity index (χ2n) is 10.7. The molecule has 1 aromatic heterocycles. The number of amides is 3. The Morgan fingerprint density at radius 2 is 1.80 bits per heavy atom. The summed E-state index contributed by atoms with van der Waals surface area (Å²) in [4.78, 5) is 35.4. The molecule has 14 heteroatoms. The van der Waals surface area contributed by atoms with E-state index in [1.54, 1.807) is 6.07 Å². The molecule has 0 spiro atoms. The summed E-state index contributed by atoms with van der Waals surface area (Å²) < 4.78 is 56.8. The summed E-state index contributed by atoms with van der Waals surface area (Å²) in [7, 11) is 0. The Labute approximate surface area is 266 Å². The number of aromatic nitrogens is 3. The summed E-state index contributed by atoms with van der Waals surface area (Å²) in [6, 6.07) is 16.5. The number of hydrogen-bond donors (Lipinski definition) is 1. The van der Waals surface area contributed by atoms with Crippen LogP contribution in [0.4, 0.5) is 28.0 Å². The van der Waals surface area contributed by atoms with Gasteiger partial charge in [-0.15, -0.1) is 18.3 Å². The molecule has 0 bridgehead atoms. The predicted molar refractivity (Wildman–Crippen MR) is 168 cm³/mol. The molecule has 3 aromatic carbocycles. The van der Waals surface area contributed by atoms with Crippen LogP contribution in [0.2, 0.25) is 0 Å². The zero-order valence-electron chi connectivity index (χ0n) is 25.1. The molecule has 2 heterocycles. The van der Waals surface area contributed by atoms with E-state index in [0.29, 0.717) is 23.7 Å². The van der Waals surface area contributed by atoms with Crippen LogP contribution in [-0.4, -0.2) is 50.5 Å². The minimum absolute atomic E-state index is 0.0229. The van der Waals surface area contributed by atoms with E-state index in [1.807, 2.05) is 45.0 Å². The molecule has 1 aliphatic heterocycles. The number of alkyl halides is 3. The van der Waals surface area contributed by atoms with Gasteiger partial charge in [0.05, 0.1) is 17.1 Å². The van der Waals surface area contributed by atoms with Gasteiger partial charge in [0.1, 0.15) is 17.9 Å². The van der Waals surface area contributed by atoms with Crippen molar-refractivity contribution in [3.05, 3.63) is 90.0 Å². The number of nitrogens with zero attached hydrogens (tertiary/aromatic N) is 5.